The monoisotopic (exact) mass is 572 g/mol. The second-order valence-corrected chi connectivity index (χ2v) is 8.69. The number of hydrogen-bond donors (Lipinski definition) is 1. The maximum absolute atomic E-state index is 13.6. The predicted octanol–water partition coefficient (Wildman–Crippen LogP) is 4.78. The van der Waals surface area contributed by atoms with Crippen LogP contribution in [0.2, 0.25) is 0 Å². The molecule has 0 fully saturated rings. The number of carbonyl (C=O) groups is 1. The Bertz CT molecular complexity index is 1630. The van der Waals surface area contributed by atoms with Crippen LogP contribution in [0.1, 0.15) is 35.6 Å². The van der Waals surface area contributed by atoms with Crippen LogP contribution >= 0.6 is 0 Å². The molecule has 3 aromatic heterocycles. The highest BCUT2D eigenvalue weighted by Crippen LogP contribution is 2.33. The van der Waals surface area contributed by atoms with Gasteiger partial charge in [-0.2, -0.15) is 23.3 Å². The van der Waals surface area contributed by atoms with E-state index < -0.39 is 23.4 Å². The summed E-state index contributed by atoms with van der Waals surface area (Å²) in [6, 6.07) is 7.17. The molecule has 41 heavy (non-hydrogen) atoms. The van der Waals surface area contributed by atoms with Gasteiger partial charge in [0.1, 0.15) is 17.1 Å². The predicted molar refractivity (Wildman–Crippen MR) is 143 cm³/mol. The Morgan fingerprint density at radius 3 is 2.29 bits per heavy atom. The van der Waals surface area contributed by atoms with Crippen molar-refractivity contribution in [2.75, 3.05) is 26.1 Å². The molecular weight excluding hydrogens is 545 g/mol. The van der Waals surface area contributed by atoms with E-state index >= 15 is 0 Å². The third kappa shape index (κ3) is 6.15. The molecule has 0 bridgehead atoms. The molecule has 4 aromatic rings. The van der Waals surface area contributed by atoms with Crippen LogP contribution < -0.4 is 20.3 Å². The number of halogens is 3. The van der Waals surface area contributed by atoms with Crippen molar-refractivity contribution in [1.29, 1.82) is 0 Å². The fourth-order valence-corrected chi connectivity index (χ4v) is 4.01. The SMILES string of the molecule is CCOC(=O)c1cc(-c2cnc(Nc3cc(OC)cc(OC)c3)nc2-n2nc(C(F)(F)F)cc2C)cn(CC)c1=O. The van der Waals surface area contributed by atoms with E-state index in [0.29, 0.717) is 22.7 Å². The molecule has 0 radical (unpaired) electrons. The number of aryl methyl sites for hydroxylation is 2. The zero-order chi connectivity index (χ0) is 29.9. The van der Waals surface area contributed by atoms with Crippen LogP contribution in [0.3, 0.4) is 0 Å². The molecule has 216 valence electrons. The largest absolute Gasteiger partial charge is 0.497 e. The van der Waals surface area contributed by atoms with E-state index in [2.05, 4.69) is 20.4 Å². The van der Waals surface area contributed by atoms with Crippen molar-refractivity contribution in [1.82, 2.24) is 24.3 Å². The molecule has 14 heteroatoms. The van der Waals surface area contributed by atoms with Gasteiger partial charge in [0.25, 0.3) is 5.56 Å². The van der Waals surface area contributed by atoms with E-state index in [4.69, 9.17) is 14.2 Å². The van der Waals surface area contributed by atoms with Gasteiger partial charge >= 0.3 is 12.1 Å². The summed E-state index contributed by atoms with van der Waals surface area (Å²) in [7, 11) is 2.97. The number of anilines is 2. The normalized spacial score (nSPS) is 11.3. The number of nitrogens with one attached hydrogen (secondary N) is 1. The summed E-state index contributed by atoms with van der Waals surface area (Å²) in [6.07, 6.45) is -1.87. The number of hydrogen-bond acceptors (Lipinski definition) is 9. The molecule has 0 atom stereocenters. The van der Waals surface area contributed by atoms with Crippen LogP contribution in [0.5, 0.6) is 11.5 Å². The van der Waals surface area contributed by atoms with Crippen molar-refractivity contribution < 1.29 is 32.2 Å². The summed E-state index contributed by atoms with van der Waals surface area (Å²) in [5.74, 6) is 0.131. The maximum Gasteiger partial charge on any atom is 0.435 e. The highest BCUT2D eigenvalue weighted by molar-refractivity contribution is 5.91. The molecule has 0 amide bonds. The van der Waals surface area contributed by atoms with Gasteiger partial charge in [0, 0.05) is 59.6 Å². The average Bonchev–Trinajstić information content (AvgIpc) is 3.35. The molecule has 0 aliphatic heterocycles. The Morgan fingerprint density at radius 1 is 1.05 bits per heavy atom. The number of pyridine rings is 1. The van der Waals surface area contributed by atoms with Crippen LogP contribution in [-0.2, 0) is 17.5 Å². The van der Waals surface area contributed by atoms with Gasteiger partial charge in [0.2, 0.25) is 5.95 Å². The van der Waals surface area contributed by atoms with Gasteiger partial charge in [-0.1, -0.05) is 0 Å². The smallest absolute Gasteiger partial charge is 0.435 e. The number of benzene rings is 1. The van der Waals surface area contributed by atoms with Crippen molar-refractivity contribution in [2.45, 2.75) is 33.5 Å². The standard InChI is InChI=1S/C27H27F3N6O5/c1-6-35-14-16(9-20(24(35)37)25(38)41-7-2)21-13-31-26(32-17-10-18(39-4)12-19(11-17)40-5)33-23(21)36-15(3)8-22(34-36)27(28,29)30/h8-14H,6-7H2,1-5H3,(H,31,32,33). The Balaban J connectivity index is 1.93. The van der Waals surface area contributed by atoms with Crippen LogP contribution in [0.4, 0.5) is 24.8 Å². The molecule has 1 N–H and O–H groups in total. The molecule has 11 nitrogen and oxygen atoms in total. The van der Waals surface area contributed by atoms with E-state index in [0.717, 1.165) is 10.7 Å². The summed E-state index contributed by atoms with van der Waals surface area (Å²) in [4.78, 5) is 34.3. The first-order valence-electron chi connectivity index (χ1n) is 12.4. The number of methoxy groups -OCH3 is 2. The highest BCUT2D eigenvalue weighted by atomic mass is 19.4. The number of esters is 1. The van der Waals surface area contributed by atoms with Gasteiger partial charge < -0.3 is 24.1 Å². The average molecular weight is 573 g/mol. The van der Waals surface area contributed by atoms with Crippen molar-refractivity contribution in [3.8, 4) is 28.4 Å². The molecule has 1 aromatic carbocycles. The Kier molecular flexibility index (Phi) is 8.31. The summed E-state index contributed by atoms with van der Waals surface area (Å²) >= 11 is 0. The first-order chi connectivity index (χ1) is 19.5. The van der Waals surface area contributed by atoms with E-state index in [1.165, 1.54) is 44.2 Å². The third-order valence-corrected chi connectivity index (χ3v) is 5.99. The van der Waals surface area contributed by atoms with Gasteiger partial charge in [-0.15, -0.1) is 0 Å². The lowest BCUT2D eigenvalue weighted by atomic mass is 10.1. The van der Waals surface area contributed by atoms with Gasteiger partial charge in [-0.05, 0) is 32.9 Å². The Labute approximate surface area is 232 Å². The zero-order valence-corrected chi connectivity index (χ0v) is 22.9. The molecule has 4 rings (SSSR count). The molecular formula is C27H27F3N6O5. The quantitative estimate of drug-likeness (QED) is 0.283. The number of aromatic nitrogens is 5. The fourth-order valence-electron chi connectivity index (χ4n) is 4.01. The molecule has 3 heterocycles. The second kappa shape index (κ2) is 11.7. The number of carbonyl (C=O) groups excluding carboxylic acids is 1. The first kappa shape index (κ1) is 29.1. The first-order valence-corrected chi connectivity index (χ1v) is 12.4. The summed E-state index contributed by atoms with van der Waals surface area (Å²) in [6.45, 7) is 5.02. The minimum Gasteiger partial charge on any atom is -0.497 e. The third-order valence-electron chi connectivity index (χ3n) is 5.99. The number of ether oxygens (including phenoxy) is 3. The lowest BCUT2D eigenvalue weighted by molar-refractivity contribution is -0.141. The van der Waals surface area contributed by atoms with Crippen LogP contribution in [0.15, 0.2) is 47.5 Å². The Hall–Kier alpha value is -4.88. The van der Waals surface area contributed by atoms with Gasteiger partial charge in [-0.3, -0.25) is 4.79 Å². The van der Waals surface area contributed by atoms with Crippen molar-refractivity contribution in [2.24, 2.45) is 0 Å². The summed E-state index contributed by atoms with van der Waals surface area (Å²) in [5, 5.41) is 6.76. The van der Waals surface area contributed by atoms with Gasteiger partial charge in [0.05, 0.1) is 20.8 Å². The summed E-state index contributed by atoms with van der Waals surface area (Å²) in [5.41, 5.74) is -0.794. The van der Waals surface area contributed by atoms with Gasteiger partial charge in [0.15, 0.2) is 11.5 Å². The Morgan fingerprint density at radius 2 is 1.73 bits per heavy atom. The lowest BCUT2D eigenvalue weighted by Crippen LogP contribution is -2.27. The van der Waals surface area contributed by atoms with Crippen LogP contribution in [0, 0.1) is 6.92 Å². The van der Waals surface area contributed by atoms with E-state index in [1.807, 2.05) is 0 Å². The molecule has 0 aliphatic carbocycles. The minimum absolute atomic E-state index is 0.0249. The number of nitrogens with zero attached hydrogens (tertiary/aromatic N) is 5. The topological polar surface area (TPSA) is 122 Å². The molecule has 0 aliphatic rings. The van der Waals surface area contributed by atoms with Crippen molar-refractivity contribution >= 4 is 17.6 Å². The highest BCUT2D eigenvalue weighted by Gasteiger charge is 2.35. The summed E-state index contributed by atoms with van der Waals surface area (Å²) < 4.78 is 58.6. The van der Waals surface area contributed by atoms with E-state index in [9.17, 15) is 22.8 Å². The zero-order valence-electron chi connectivity index (χ0n) is 22.9. The van der Waals surface area contributed by atoms with E-state index in [-0.39, 0.29) is 41.7 Å². The second-order valence-electron chi connectivity index (χ2n) is 8.69. The molecule has 0 spiro atoms. The number of rotatable bonds is 9. The van der Waals surface area contributed by atoms with Crippen molar-refractivity contribution in [3.05, 3.63) is 70.0 Å². The molecule has 0 saturated carbocycles. The lowest BCUT2D eigenvalue weighted by Gasteiger charge is -2.15. The van der Waals surface area contributed by atoms with Crippen LogP contribution in [0.25, 0.3) is 16.9 Å². The fraction of sp³-hybridized carbons (Fsp3) is 0.296. The molecule has 0 unspecified atom stereocenters. The minimum atomic E-state index is -4.70. The van der Waals surface area contributed by atoms with Crippen molar-refractivity contribution in [3.63, 3.8) is 0 Å². The molecule has 0 saturated heterocycles. The maximum atomic E-state index is 13.6. The van der Waals surface area contributed by atoms with Crippen LogP contribution in [-0.4, -0.2) is 51.1 Å². The number of alkyl halides is 3. The van der Waals surface area contributed by atoms with Gasteiger partial charge in [-0.25, -0.2) is 14.5 Å². The van der Waals surface area contributed by atoms with E-state index in [1.54, 1.807) is 32.0 Å².